The molecule has 0 spiro atoms. The molecule has 1 heterocycles. The minimum Gasteiger partial charge on any atom is -0.458 e. The maximum atomic E-state index is 11.5. The number of carbonyl (C=O) groups is 3. The van der Waals surface area contributed by atoms with E-state index in [9.17, 15) is 14.4 Å². The van der Waals surface area contributed by atoms with Crippen LogP contribution in [0.5, 0.6) is 0 Å². The van der Waals surface area contributed by atoms with Crippen molar-refractivity contribution >= 4 is 17.7 Å². The number of carbonyl (C=O) groups excluding carboxylic acids is 3. The molecule has 0 aromatic heterocycles. The molecule has 5 nitrogen and oxygen atoms in total. The zero-order chi connectivity index (χ0) is 13.5. The van der Waals surface area contributed by atoms with Gasteiger partial charge in [-0.05, 0) is 26.7 Å². The molecular formula is C13H21NO4. The Hall–Kier alpha value is -1.39. The van der Waals surface area contributed by atoms with Gasteiger partial charge in [-0.3, -0.25) is 4.79 Å². The van der Waals surface area contributed by atoms with Crippen LogP contribution >= 0.6 is 0 Å². The van der Waals surface area contributed by atoms with Crippen LogP contribution in [0.25, 0.3) is 0 Å². The normalized spacial score (nSPS) is 22.0. The van der Waals surface area contributed by atoms with Gasteiger partial charge in [0.25, 0.3) is 0 Å². The van der Waals surface area contributed by atoms with E-state index in [1.54, 1.807) is 13.8 Å². The fourth-order valence-electron chi connectivity index (χ4n) is 1.88. The molecule has 5 heteroatoms. The van der Waals surface area contributed by atoms with Crippen LogP contribution in [0.15, 0.2) is 0 Å². The van der Waals surface area contributed by atoms with Gasteiger partial charge in [-0.1, -0.05) is 12.8 Å². The highest BCUT2D eigenvalue weighted by Crippen LogP contribution is 2.14. The van der Waals surface area contributed by atoms with Crippen molar-refractivity contribution < 1.29 is 19.1 Å². The van der Waals surface area contributed by atoms with E-state index in [1.807, 2.05) is 0 Å². The number of ketones is 1. The Labute approximate surface area is 107 Å². The first-order valence-electron chi connectivity index (χ1n) is 6.50. The van der Waals surface area contributed by atoms with Crippen molar-refractivity contribution in [2.45, 2.75) is 64.5 Å². The summed E-state index contributed by atoms with van der Waals surface area (Å²) in [5, 5.41) is 2.66. The van der Waals surface area contributed by atoms with E-state index in [-0.39, 0.29) is 23.8 Å². The summed E-state index contributed by atoms with van der Waals surface area (Å²) < 4.78 is 4.75. The zero-order valence-electron chi connectivity index (χ0n) is 11.0. The van der Waals surface area contributed by atoms with E-state index in [4.69, 9.17) is 4.74 Å². The Morgan fingerprint density at radius 3 is 2.28 bits per heavy atom. The van der Waals surface area contributed by atoms with Gasteiger partial charge in [0.2, 0.25) is 5.91 Å². The van der Waals surface area contributed by atoms with Crippen molar-refractivity contribution in [1.29, 1.82) is 0 Å². The average Bonchev–Trinajstić information content (AvgIpc) is 2.30. The van der Waals surface area contributed by atoms with E-state index in [0.717, 1.165) is 25.7 Å². The molecule has 1 saturated heterocycles. The average molecular weight is 255 g/mol. The SMILES string of the molecule is CC(=O)CCCCCCC(=O)NC1C(=O)OC1C. The minimum atomic E-state index is -0.463. The van der Waals surface area contributed by atoms with Gasteiger partial charge in [0.15, 0.2) is 6.04 Å². The van der Waals surface area contributed by atoms with E-state index < -0.39 is 6.04 Å². The summed E-state index contributed by atoms with van der Waals surface area (Å²) in [6.45, 7) is 3.35. The van der Waals surface area contributed by atoms with Gasteiger partial charge in [0.1, 0.15) is 11.9 Å². The van der Waals surface area contributed by atoms with Crippen LogP contribution in [0.3, 0.4) is 0 Å². The van der Waals surface area contributed by atoms with Gasteiger partial charge in [-0.2, -0.15) is 0 Å². The molecule has 0 aromatic carbocycles. The number of Topliss-reactive ketones (excluding diaryl/α,β-unsaturated/α-hetero) is 1. The lowest BCUT2D eigenvalue weighted by Gasteiger charge is -2.32. The van der Waals surface area contributed by atoms with Crippen LogP contribution in [0.4, 0.5) is 0 Å². The standard InChI is InChI=1S/C13H21NO4/c1-9(15)7-5-3-4-6-8-11(16)14-12-10(2)18-13(12)17/h10,12H,3-8H2,1-2H3,(H,14,16). The minimum absolute atomic E-state index is 0.102. The van der Waals surface area contributed by atoms with Crippen LogP contribution in [-0.2, 0) is 19.1 Å². The van der Waals surface area contributed by atoms with Crippen molar-refractivity contribution in [2.24, 2.45) is 0 Å². The van der Waals surface area contributed by atoms with Crippen LogP contribution < -0.4 is 5.32 Å². The molecule has 0 aromatic rings. The van der Waals surface area contributed by atoms with Crippen LogP contribution in [0.1, 0.15) is 52.4 Å². The summed E-state index contributed by atoms with van der Waals surface area (Å²) in [6, 6.07) is -0.463. The monoisotopic (exact) mass is 255 g/mol. The lowest BCUT2D eigenvalue weighted by molar-refractivity contribution is -0.176. The number of esters is 1. The van der Waals surface area contributed by atoms with Crippen LogP contribution in [-0.4, -0.2) is 29.8 Å². The number of nitrogens with one attached hydrogen (secondary N) is 1. The summed E-state index contributed by atoms with van der Waals surface area (Å²) in [6.07, 6.45) is 4.42. The molecule has 1 rings (SSSR count). The second-order valence-corrected chi connectivity index (χ2v) is 4.80. The van der Waals surface area contributed by atoms with Gasteiger partial charge in [0.05, 0.1) is 0 Å². The lowest BCUT2D eigenvalue weighted by atomic mass is 10.1. The summed E-state index contributed by atoms with van der Waals surface area (Å²) >= 11 is 0. The van der Waals surface area contributed by atoms with Crippen LogP contribution in [0.2, 0.25) is 0 Å². The Morgan fingerprint density at radius 1 is 1.17 bits per heavy atom. The van der Waals surface area contributed by atoms with Crippen molar-refractivity contribution in [3.63, 3.8) is 0 Å². The first-order valence-corrected chi connectivity index (χ1v) is 6.50. The van der Waals surface area contributed by atoms with Crippen molar-refractivity contribution in [3.05, 3.63) is 0 Å². The molecule has 102 valence electrons. The third-order valence-electron chi connectivity index (χ3n) is 3.02. The number of hydrogen-bond donors (Lipinski definition) is 1. The van der Waals surface area contributed by atoms with Gasteiger partial charge in [-0.15, -0.1) is 0 Å². The Kier molecular flexibility index (Phi) is 5.82. The molecule has 0 radical (unpaired) electrons. The molecule has 2 unspecified atom stereocenters. The lowest BCUT2D eigenvalue weighted by Crippen LogP contribution is -2.58. The second kappa shape index (κ2) is 7.13. The quantitative estimate of drug-likeness (QED) is 0.525. The second-order valence-electron chi connectivity index (χ2n) is 4.80. The maximum Gasteiger partial charge on any atom is 0.332 e. The van der Waals surface area contributed by atoms with Crippen molar-refractivity contribution in [3.8, 4) is 0 Å². The molecule has 1 fully saturated rings. The van der Waals surface area contributed by atoms with Gasteiger partial charge in [0, 0.05) is 12.8 Å². The Bertz CT molecular complexity index is 327. The Balaban J connectivity index is 2.00. The summed E-state index contributed by atoms with van der Waals surface area (Å²) in [5.41, 5.74) is 0. The number of unbranched alkanes of at least 4 members (excludes halogenated alkanes) is 3. The number of ether oxygens (including phenoxy) is 1. The largest absolute Gasteiger partial charge is 0.458 e. The zero-order valence-corrected chi connectivity index (χ0v) is 11.0. The number of cyclic esters (lactones) is 1. The molecule has 1 N–H and O–H groups in total. The van der Waals surface area contributed by atoms with Crippen molar-refractivity contribution in [1.82, 2.24) is 5.32 Å². The molecule has 0 aliphatic carbocycles. The van der Waals surface area contributed by atoms with Gasteiger partial charge in [-0.25, -0.2) is 4.79 Å². The highest BCUT2D eigenvalue weighted by molar-refractivity contribution is 5.88. The molecule has 18 heavy (non-hydrogen) atoms. The number of rotatable bonds is 8. The first kappa shape index (κ1) is 14.7. The molecule has 2 atom stereocenters. The topological polar surface area (TPSA) is 72.5 Å². The number of amides is 1. The molecular weight excluding hydrogens is 234 g/mol. The van der Waals surface area contributed by atoms with Gasteiger partial charge < -0.3 is 14.8 Å². The van der Waals surface area contributed by atoms with E-state index >= 15 is 0 Å². The highest BCUT2D eigenvalue weighted by atomic mass is 16.6. The van der Waals surface area contributed by atoms with Crippen LogP contribution in [0, 0.1) is 0 Å². The van der Waals surface area contributed by atoms with E-state index in [0.29, 0.717) is 12.8 Å². The molecule has 0 saturated carbocycles. The highest BCUT2D eigenvalue weighted by Gasteiger charge is 2.39. The van der Waals surface area contributed by atoms with E-state index in [2.05, 4.69) is 5.32 Å². The van der Waals surface area contributed by atoms with Crippen molar-refractivity contribution in [2.75, 3.05) is 0 Å². The number of hydrogen-bond acceptors (Lipinski definition) is 4. The summed E-state index contributed by atoms with van der Waals surface area (Å²) in [4.78, 5) is 33.2. The molecule has 1 aliphatic rings. The predicted octanol–water partition coefficient (Wildman–Crippen LogP) is 1.35. The van der Waals surface area contributed by atoms with Gasteiger partial charge >= 0.3 is 5.97 Å². The third-order valence-corrected chi connectivity index (χ3v) is 3.02. The van der Waals surface area contributed by atoms with E-state index in [1.165, 1.54) is 0 Å². The fraction of sp³-hybridized carbons (Fsp3) is 0.769. The summed E-state index contributed by atoms with van der Waals surface area (Å²) in [5.74, 6) is -0.238. The Morgan fingerprint density at radius 2 is 1.78 bits per heavy atom. The predicted molar refractivity (Wildman–Crippen MR) is 65.9 cm³/mol. The first-order chi connectivity index (χ1) is 8.50. The molecule has 0 bridgehead atoms. The third kappa shape index (κ3) is 4.85. The molecule has 1 aliphatic heterocycles. The smallest absolute Gasteiger partial charge is 0.332 e. The molecule has 1 amide bonds. The summed E-state index contributed by atoms with van der Waals surface area (Å²) in [7, 11) is 0. The maximum absolute atomic E-state index is 11.5. The fourth-order valence-corrected chi connectivity index (χ4v) is 1.88.